The van der Waals surface area contributed by atoms with Crippen molar-refractivity contribution in [2.75, 3.05) is 18.6 Å². The average Bonchev–Trinajstić information content (AvgIpc) is 3.41. The Labute approximate surface area is 227 Å². The molecule has 3 heterocycles. The first-order chi connectivity index (χ1) is 18.2. The second-order valence-corrected chi connectivity index (χ2v) is 10.8. The molecule has 1 aliphatic rings. The van der Waals surface area contributed by atoms with Gasteiger partial charge in [-0.3, -0.25) is 14.5 Å². The molecule has 0 spiro atoms. The van der Waals surface area contributed by atoms with Gasteiger partial charge in [0.15, 0.2) is 10.6 Å². The van der Waals surface area contributed by atoms with Crippen LogP contribution in [-0.4, -0.2) is 30.6 Å². The topological polar surface area (TPSA) is 98.9 Å². The summed E-state index contributed by atoms with van der Waals surface area (Å²) in [5.41, 5.74) is 1.12. The standard InChI is InChI=1S/C28H25ClN2O6S/c1-14(2)10-11-36-18-7-5-6-16(12-18)22-21-23(32)19-13-17(29)8-9-20(19)37-24(21)26(33)31(22)28-30-15(3)25(38-28)27(34)35-4/h5-9,12-14,22H,10-11H2,1-4H3. The Morgan fingerprint density at radius 2 is 2.00 bits per heavy atom. The van der Waals surface area contributed by atoms with Crippen molar-refractivity contribution in [3.05, 3.63) is 85.2 Å². The molecule has 1 atom stereocenters. The third-order valence-electron chi connectivity index (χ3n) is 6.33. The van der Waals surface area contributed by atoms with Gasteiger partial charge in [-0.05, 0) is 55.2 Å². The summed E-state index contributed by atoms with van der Waals surface area (Å²) in [5, 5.41) is 0.893. The van der Waals surface area contributed by atoms with Gasteiger partial charge in [0.05, 0.1) is 36.4 Å². The fourth-order valence-corrected chi connectivity index (χ4v) is 5.60. The quantitative estimate of drug-likeness (QED) is 0.253. The highest BCUT2D eigenvalue weighted by Crippen LogP contribution is 2.44. The van der Waals surface area contributed by atoms with Crippen molar-refractivity contribution in [2.24, 2.45) is 5.92 Å². The summed E-state index contributed by atoms with van der Waals surface area (Å²) in [6.45, 7) is 6.43. The average molecular weight is 553 g/mol. The zero-order valence-corrected chi connectivity index (χ0v) is 22.8. The molecule has 0 bridgehead atoms. The van der Waals surface area contributed by atoms with Crippen LogP contribution in [0.15, 0.2) is 51.7 Å². The lowest BCUT2D eigenvalue weighted by atomic mass is 9.98. The molecule has 10 heteroatoms. The maximum Gasteiger partial charge on any atom is 0.350 e. The zero-order valence-electron chi connectivity index (χ0n) is 21.2. The molecule has 0 fully saturated rings. The third kappa shape index (κ3) is 4.56. The molecular formula is C28H25ClN2O6S. The van der Waals surface area contributed by atoms with E-state index in [2.05, 4.69) is 18.8 Å². The van der Waals surface area contributed by atoms with E-state index in [1.807, 2.05) is 24.3 Å². The summed E-state index contributed by atoms with van der Waals surface area (Å²) in [4.78, 5) is 46.1. The lowest BCUT2D eigenvalue weighted by Gasteiger charge is -2.23. The molecule has 0 aliphatic carbocycles. The maximum absolute atomic E-state index is 13.8. The summed E-state index contributed by atoms with van der Waals surface area (Å²) < 4.78 is 16.8. The van der Waals surface area contributed by atoms with Crippen molar-refractivity contribution in [3.8, 4) is 5.75 Å². The molecule has 1 aliphatic heterocycles. The van der Waals surface area contributed by atoms with Gasteiger partial charge in [0.25, 0.3) is 5.91 Å². The molecule has 4 aromatic rings. The molecule has 2 aromatic carbocycles. The Hall–Kier alpha value is -3.69. The van der Waals surface area contributed by atoms with Crippen molar-refractivity contribution in [1.82, 2.24) is 4.98 Å². The third-order valence-corrected chi connectivity index (χ3v) is 7.70. The Morgan fingerprint density at radius 3 is 2.74 bits per heavy atom. The van der Waals surface area contributed by atoms with Crippen LogP contribution in [-0.2, 0) is 4.74 Å². The highest BCUT2D eigenvalue weighted by molar-refractivity contribution is 7.17. The van der Waals surface area contributed by atoms with Gasteiger partial charge in [0.1, 0.15) is 16.2 Å². The highest BCUT2D eigenvalue weighted by Gasteiger charge is 2.45. The number of benzene rings is 2. The Morgan fingerprint density at radius 1 is 1.21 bits per heavy atom. The van der Waals surface area contributed by atoms with Crippen LogP contribution in [0.25, 0.3) is 11.0 Å². The van der Waals surface area contributed by atoms with Crippen molar-refractivity contribution in [3.63, 3.8) is 0 Å². The second-order valence-electron chi connectivity index (χ2n) is 9.40. The normalized spacial score (nSPS) is 14.8. The fraction of sp³-hybridized carbons (Fsp3) is 0.286. The van der Waals surface area contributed by atoms with Crippen LogP contribution in [0.1, 0.15) is 63.4 Å². The first-order valence-electron chi connectivity index (χ1n) is 12.1. The van der Waals surface area contributed by atoms with E-state index in [9.17, 15) is 14.4 Å². The number of anilines is 1. The molecule has 0 saturated carbocycles. The van der Waals surface area contributed by atoms with Gasteiger partial charge in [0.2, 0.25) is 5.76 Å². The number of carbonyl (C=O) groups is 2. The molecule has 1 amide bonds. The molecule has 196 valence electrons. The zero-order chi connectivity index (χ0) is 27.1. The van der Waals surface area contributed by atoms with Crippen molar-refractivity contribution < 1.29 is 23.5 Å². The summed E-state index contributed by atoms with van der Waals surface area (Å²) in [6.07, 6.45) is 0.881. The summed E-state index contributed by atoms with van der Waals surface area (Å²) in [6, 6.07) is 11.1. The minimum atomic E-state index is -0.859. The number of ether oxygens (including phenoxy) is 2. The van der Waals surface area contributed by atoms with E-state index in [1.165, 1.54) is 18.1 Å². The molecule has 2 aromatic heterocycles. The summed E-state index contributed by atoms with van der Waals surface area (Å²) >= 11 is 7.20. The number of thiazole rings is 1. The van der Waals surface area contributed by atoms with Gasteiger partial charge in [0, 0.05) is 5.02 Å². The summed E-state index contributed by atoms with van der Waals surface area (Å²) in [7, 11) is 1.28. The molecule has 0 radical (unpaired) electrons. The van der Waals surface area contributed by atoms with Gasteiger partial charge >= 0.3 is 5.97 Å². The number of amides is 1. The van der Waals surface area contributed by atoms with Crippen LogP contribution >= 0.6 is 22.9 Å². The predicted molar refractivity (Wildman–Crippen MR) is 146 cm³/mol. The van der Waals surface area contributed by atoms with E-state index in [0.29, 0.717) is 34.6 Å². The highest BCUT2D eigenvalue weighted by atomic mass is 35.5. The molecule has 0 N–H and O–H groups in total. The molecular weight excluding hydrogens is 528 g/mol. The summed E-state index contributed by atoms with van der Waals surface area (Å²) in [5.74, 6) is -0.0663. The van der Waals surface area contributed by atoms with Crippen LogP contribution in [0.5, 0.6) is 5.75 Å². The SMILES string of the molecule is COC(=O)c1sc(N2C(=O)c3oc4ccc(Cl)cc4c(=O)c3C2c2cccc(OCCC(C)C)c2)nc1C. The van der Waals surface area contributed by atoms with Crippen molar-refractivity contribution in [1.29, 1.82) is 0 Å². The Bertz CT molecular complexity index is 1630. The number of aryl methyl sites for hydroxylation is 1. The van der Waals surface area contributed by atoms with Gasteiger partial charge in [-0.25, -0.2) is 9.78 Å². The number of nitrogens with zero attached hydrogens (tertiary/aromatic N) is 2. The second kappa shape index (κ2) is 10.2. The van der Waals surface area contributed by atoms with Crippen molar-refractivity contribution in [2.45, 2.75) is 33.2 Å². The first kappa shape index (κ1) is 25.9. The van der Waals surface area contributed by atoms with Gasteiger partial charge in [-0.15, -0.1) is 0 Å². The lowest BCUT2D eigenvalue weighted by Crippen LogP contribution is -2.29. The lowest BCUT2D eigenvalue weighted by molar-refractivity contribution is 0.0605. The van der Waals surface area contributed by atoms with Crippen LogP contribution in [0.3, 0.4) is 0 Å². The van der Waals surface area contributed by atoms with E-state index in [0.717, 1.165) is 17.8 Å². The minimum absolute atomic E-state index is 0.0755. The molecule has 1 unspecified atom stereocenters. The predicted octanol–water partition coefficient (Wildman–Crippen LogP) is 6.17. The van der Waals surface area contributed by atoms with E-state index < -0.39 is 17.9 Å². The van der Waals surface area contributed by atoms with Crippen LogP contribution in [0.4, 0.5) is 5.13 Å². The maximum atomic E-state index is 13.8. The van der Waals surface area contributed by atoms with E-state index in [-0.39, 0.29) is 37.7 Å². The van der Waals surface area contributed by atoms with Crippen LogP contribution in [0.2, 0.25) is 5.02 Å². The number of fused-ring (bicyclic) bond motifs is 2. The van der Waals surface area contributed by atoms with Crippen LogP contribution < -0.4 is 15.1 Å². The smallest absolute Gasteiger partial charge is 0.350 e. The fourth-order valence-electron chi connectivity index (χ4n) is 4.41. The minimum Gasteiger partial charge on any atom is -0.494 e. The Balaban J connectivity index is 1.69. The largest absolute Gasteiger partial charge is 0.494 e. The number of hydrogen-bond donors (Lipinski definition) is 0. The number of aromatic nitrogens is 1. The van der Waals surface area contributed by atoms with Gasteiger partial charge in [-0.2, -0.15) is 0 Å². The van der Waals surface area contributed by atoms with Crippen molar-refractivity contribution >= 4 is 50.9 Å². The van der Waals surface area contributed by atoms with E-state index in [1.54, 1.807) is 19.1 Å². The Kier molecular flexibility index (Phi) is 6.98. The van der Waals surface area contributed by atoms with Gasteiger partial charge < -0.3 is 13.9 Å². The number of rotatable bonds is 7. The van der Waals surface area contributed by atoms with Crippen LogP contribution in [0, 0.1) is 12.8 Å². The number of carbonyl (C=O) groups excluding carboxylic acids is 2. The number of esters is 1. The number of hydrogen-bond acceptors (Lipinski definition) is 8. The molecule has 0 saturated heterocycles. The molecule has 38 heavy (non-hydrogen) atoms. The molecule has 5 rings (SSSR count). The number of halogens is 1. The number of methoxy groups -OCH3 is 1. The van der Waals surface area contributed by atoms with Gasteiger partial charge in [-0.1, -0.05) is 48.9 Å². The first-order valence-corrected chi connectivity index (χ1v) is 13.3. The molecule has 8 nitrogen and oxygen atoms in total. The van der Waals surface area contributed by atoms with E-state index >= 15 is 0 Å². The monoisotopic (exact) mass is 552 g/mol. The van der Waals surface area contributed by atoms with E-state index in [4.69, 9.17) is 25.5 Å².